The van der Waals surface area contributed by atoms with E-state index < -0.39 is 5.24 Å². The minimum atomic E-state index is -0.510. The predicted molar refractivity (Wildman–Crippen MR) is 46.4 cm³/mol. The molecule has 0 aliphatic heterocycles. The molecule has 0 bridgehead atoms. The summed E-state index contributed by atoms with van der Waals surface area (Å²) in [6.07, 6.45) is 0. The minimum Gasteiger partial charge on any atom is -0.274 e. The molecule has 1 aromatic rings. The van der Waals surface area contributed by atoms with Crippen LogP contribution in [0.1, 0.15) is 16.2 Å². The first-order valence-corrected chi connectivity index (χ1v) is 3.21. The van der Waals surface area contributed by atoms with Crippen molar-refractivity contribution in [2.24, 2.45) is 0 Å². The Labute approximate surface area is 76.0 Å². The molecule has 0 spiro atoms. The SMILES string of the molecule is Cc1cccc(C(=O)Cl)n1.Cl. The number of hydrogen-bond acceptors (Lipinski definition) is 2. The Bertz CT molecular complexity index is 262. The number of aromatic nitrogens is 1. The first-order valence-electron chi connectivity index (χ1n) is 2.83. The van der Waals surface area contributed by atoms with E-state index >= 15 is 0 Å². The Balaban J connectivity index is 0.000001000. The standard InChI is InChI=1S/C7H6ClNO.ClH/c1-5-3-2-4-6(9-5)7(8)10;/h2-4H,1H3;1H. The topological polar surface area (TPSA) is 30.0 Å². The smallest absolute Gasteiger partial charge is 0.270 e. The maximum atomic E-state index is 10.5. The molecule has 11 heavy (non-hydrogen) atoms. The molecule has 0 radical (unpaired) electrons. The van der Waals surface area contributed by atoms with E-state index in [1.807, 2.05) is 13.0 Å². The van der Waals surface area contributed by atoms with Crippen molar-refractivity contribution < 1.29 is 4.79 Å². The summed E-state index contributed by atoms with van der Waals surface area (Å²) in [5.74, 6) is 0. The van der Waals surface area contributed by atoms with Crippen LogP contribution in [0.2, 0.25) is 0 Å². The number of halogens is 2. The number of pyridine rings is 1. The quantitative estimate of drug-likeness (QED) is 0.638. The molecule has 0 atom stereocenters. The number of aryl methyl sites for hydroxylation is 1. The van der Waals surface area contributed by atoms with Gasteiger partial charge in [-0.05, 0) is 30.7 Å². The monoisotopic (exact) mass is 191 g/mol. The van der Waals surface area contributed by atoms with Gasteiger partial charge in [-0.25, -0.2) is 4.98 Å². The van der Waals surface area contributed by atoms with Gasteiger partial charge in [-0.3, -0.25) is 4.79 Å². The van der Waals surface area contributed by atoms with Crippen molar-refractivity contribution in [2.45, 2.75) is 6.92 Å². The highest BCUT2D eigenvalue weighted by Gasteiger charge is 2.00. The second kappa shape index (κ2) is 4.31. The summed E-state index contributed by atoms with van der Waals surface area (Å²) in [4.78, 5) is 14.4. The van der Waals surface area contributed by atoms with Crippen LogP contribution in [0.5, 0.6) is 0 Å². The summed E-state index contributed by atoms with van der Waals surface area (Å²) in [6.45, 7) is 1.81. The van der Waals surface area contributed by atoms with E-state index in [1.54, 1.807) is 12.1 Å². The molecule has 0 saturated heterocycles. The molecule has 4 heteroatoms. The number of hydrogen-bond donors (Lipinski definition) is 0. The zero-order chi connectivity index (χ0) is 7.56. The van der Waals surface area contributed by atoms with E-state index in [0.29, 0.717) is 5.69 Å². The molecule has 0 aliphatic rings. The zero-order valence-electron chi connectivity index (χ0n) is 5.87. The molecule has 60 valence electrons. The highest BCUT2D eigenvalue weighted by Crippen LogP contribution is 2.00. The third-order valence-corrected chi connectivity index (χ3v) is 1.28. The minimum absolute atomic E-state index is 0. The van der Waals surface area contributed by atoms with Gasteiger partial charge in [0.2, 0.25) is 0 Å². The lowest BCUT2D eigenvalue weighted by Crippen LogP contribution is -1.93. The second-order valence-corrected chi connectivity index (χ2v) is 2.28. The normalized spacial score (nSPS) is 8.55. The van der Waals surface area contributed by atoms with Crippen molar-refractivity contribution in [2.75, 3.05) is 0 Å². The van der Waals surface area contributed by atoms with Crippen LogP contribution in [0.3, 0.4) is 0 Å². The average molecular weight is 192 g/mol. The molecule has 0 amide bonds. The van der Waals surface area contributed by atoms with Crippen molar-refractivity contribution >= 4 is 29.3 Å². The first kappa shape index (κ1) is 10.4. The summed E-state index contributed by atoms with van der Waals surface area (Å²) in [7, 11) is 0. The lowest BCUT2D eigenvalue weighted by atomic mass is 10.3. The van der Waals surface area contributed by atoms with Gasteiger partial charge in [-0.15, -0.1) is 12.4 Å². The molecule has 1 rings (SSSR count). The van der Waals surface area contributed by atoms with E-state index in [-0.39, 0.29) is 12.4 Å². The van der Waals surface area contributed by atoms with Crippen LogP contribution in [0, 0.1) is 6.92 Å². The van der Waals surface area contributed by atoms with Gasteiger partial charge in [0.25, 0.3) is 5.24 Å². The highest BCUT2D eigenvalue weighted by atomic mass is 35.5. The molecular formula is C7H7Cl2NO. The van der Waals surface area contributed by atoms with Gasteiger partial charge in [0.05, 0.1) is 0 Å². The summed E-state index contributed by atoms with van der Waals surface area (Å²) in [6, 6.07) is 5.14. The fourth-order valence-electron chi connectivity index (χ4n) is 0.653. The van der Waals surface area contributed by atoms with Crippen LogP contribution in [-0.4, -0.2) is 10.2 Å². The van der Waals surface area contributed by atoms with Crippen LogP contribution in [0.25, 0.3) is 0 Å². The van der Waals surface area contributed by atoms with Crippen LogP contribution in [-0.2, 0) is 0 Å². The molecule has 0 aliphatic carbocycles. The van der Waals surface area contributed by atoms with Gasteiger partial charge in [0.15, 0.2) is 0 Å². The molecule has 1 aromatic heterocycles. The summed E-state index contributed by atoms with van der Waals surface area (Å²) < 4.78 is 0. The molecule has 0 fully saturated rings. The van der Waals surface area contributed by atoms with Crippen molar-refractivity contribution in [1.29, 1.82) is 0 Å². The fourth-order valence-corrected chi connectivity index (χ4v) is 0.758. The molecular weight excluding hydrogens is 185 g/mol. The van der Waals surface area contributed by atoms with Gasteiger partial charge in [0, 0.05) is 5.69 Å². The average Bonchev–Trinajstić information content (AvgIpc) is 1.88. The van der Waals surface area contributed by atoms with E-state index in [4.69, 9.17) is 11.6 Å². The summed E-state index contributed by atoms with van der Waals surface area (Å²) in [5.41, 5.74) is 1.10. The molecule has 2 nitrogen and oxygen atoms in total. The van der Waals surface area contributed by atoms with E-state index in [0.717, 1.165) is 5.69 Å². The fraction of sp³-hybridized carbons (Fsp3) is 0.143. The van der Waals surface area contributed by atoms with Crippen molar-refractivity contribution in [3.05, 3.63) is 29.6 Å². The maximum absolute atomic E-state index is 10.5. The number of carbonyl (C=O) groups excluding carboxylic acids is 1. The van der Waals surface area contributed by atoms with Crippen LogP contribution in [0.4, 0.5) is 0 Å². The summed E-state index contributed by atoms with van der Waals surface area (Å²) >= 11 is 5.17. The van der Waals surface area contributed by atoms with Gasteiger partial charge in [0.1, 0.15) is 5.69 Å². The predicted octanol–water partition coefficient (Wildman–Crippen LogP) is 2.19. The van der Waals surface area contributed by atoms with Crippen LogP contribution < -0.4 is 0 Å². The third-order valence-electron chi connectivity index (χ3n) is 1.09. The van der Waals surface area contributed by atoms with Crippen molar-refractivity contribution in [3.8, 4) is 0 Å². The molecule has 0 N–H and O–H groups in total. The first-order chi connectivity index (χ1) is 4.70. The molecule has 0 saturated carbocycles. The lowest BCUT2D eigenvalue weighted by Gasteiger charge is -1.92. The Morgan fingerprint density at radius 2 is 2.18 bits per heavy atom. The molecule has 0 unspecified atom stereocenters. The van der Waals surface area contributed by atoms with Gasteiger partial charge in [-0.2, -0.15) is 0 Å². The Kier molecular flexibility index (Phi) is 4.08. The second-order valence-electron chi connectivity index (χ2n) is 1.94. The van der Waals surface area contributed by atoms with Gasteiger partial charge >= 0.3 is 0 Å². The van der Waals surface area contributed by atoms with Crippen LogP contribution in [0.15, 0.2) is 18.2 Å². The van der Waals surface area contributed by atoms with E-state index in [2.05, 4.69) is 4.98 Å². The third kappa shape index (κ3) is 2.87. The number of nitrogens with zero attached hydrogens (tertiary/aromatic N) is 1. The number of rotatable bonds is 1. The van der Waals surface area contributed by atoms with Crippen molar-refractivity contribution in [1.82, 2.24) is 4.98 Å². The van der Waals surface area contributed by atoms with Crippen LogP contribution >= 0.6 is 24.0 Å². The molecule has 1 heterocycles. The highest BCUT2D eigenvalue weighted by molar-refractivity contribution is 6.67. The van der Waals surface area contributed by atoms with Gasteiger partial charge in [-0.1, -0.05) is 6.07 Å². The van der Waals surface area contributed by atoms with E-state index in [1.165, 1.54) is 0 Å². The number of carbonyl (C=O) groups is 1. The Hall–Kier alpha value is -0.600. The van der Waals surface area contributed by atoms with Gasteiger partial charge < -0.3 is 0 Å². The largest absolute Gasteiger partial charge is 0.274 e. The maximum Gasteiger partial charge on any atom is 0.270 e. The van der Waals surface area contributed by atoms with Crippen molar-refractivity contribution in [3.63, 3.8) is 0 Å². The van der Waals surface area contributed by atoms with E-state index in [9.17, 15) is 4.79 Å². The molecule has 0 aromatic carbocycles. The lowest BCUT2D eigenvalue weighted by molar-refractivity contribution is 0.107. The zero-order valence-corrected chi connectivity index (χ0v) is 7.45. The summed E-state index contributed by atoms with van der Waals surface area (Å²) in [5, 5.41) is -0.510. The Morgan fingerprint density at radius 3 is 2.55 bits per heavy atom. The Morgan fingerprint density at radius 1 is 1.55 bits per heavy atom.